The highest BCUT2D eigenvalue weighted by atomic mass is 32.1. The van der Waals surface area contributed by atoms with E-state index >= 15 is 0 Å². The summed E-state index contributed by atoms with van der Waals surface area (Å²) < 4.78 is 0. The van der Waals surface area contributed by atoms with E-state index in [4.69, 9.17) is 0 Å². The van der Waals surface area contributed by atoms with E-state index in [9.17, 15) is 14.7 Å². The average Bonchev–Trinajstić information content (AvgIpc) is 3.19. The van der Waals surface area contributed by atoms with Crippen molar-refractivity contribution in [3.63, 3.8) is 0 Å². The van der Waals surface area contributed by atoms with E-state index in [0.717, 1.165) is 16.7 Å². The second kappa shape index (κ2) is 5.38. The quantitative estimate of drug-likeness (QED) is 0.846. The Kier molecular flexibility index (Phi) is 3.34. The molecule has 2 aliphatic rings. The Balaban J connectivity index is 1.76. The van der Waals surface area contributed by atoms with Crippen molar-refractivity contribution in [2.75, 3.05) is 19.6 Å². The molecule has 0 spiro atoms. The van der Waals surface area contributed by atoms with Gasteiger partial charge in [0.15, 0.2) is 0 Å². The number of carboxylic acid groups (broad SMARTS) is 1. The van der Waals surface area contributed by atoms with Gasteiger partial charge in [-0.2, -0.15) is 11.3 Å². The molecule has 2 atom stereocenters. The lowest BCUT2D eigenvalue weighted by molar-refractivity contribution is 0.0951. The van der Waals surface area contributed by atoms with Gasteiger partial charge in [0, 0.05) is 37.0 Å². The van der Waals surface area contributed by atoms with Gasteiger partial charge in [0.2, 0.25) is 0 Å². The first-order valence-electron chi connectivity index (χ1n) is 7.56. The fourth-order valence-corrected chi connectivity index (χ4v) is 4.26. The van der Waals surface area contributed by atoms with E-state index < -0.39 is 6.09 Å². The Labute approximate surface area is 137 Å². The van der Waals surface area contributed by atoms with Crippen LogP contribution >= 0.6 is 11.3 Å². The second-order valence-corrected chi connectivity index (χ2v) is 6.86. The zero-order chi connectivity index (χ0) is 16.0. The summed E-state index contributed by atoms with van der Waals surface area (Å²) in [5.74, 6) is 0.160. The zero-order valence-corrected chi connectivity index (χ0v) is 13.2. The molecule has 1 fully saturated rings. The molecule has 2 aliphatic heterocycles. The van der Waals surface area contributed by atoms with E-state index in [1.54, 1.807) is 11.3 Å². The molecule has 23 heavy (non-hydrogen) atoms. The van der Waals surface area contributed by atoms with Gasteiger partial charge >= 0.3 is 6.09 Å². The van der Waals surface area contributed by atoms with Gasteiger partial charge in [-0.3, -0.25) is 4.79 Å². The number of fused-ring (bicyclic) bond motifs is 3. The SMILES string of the molecule is O=C1NCC2CN(C(=O)O)CC2c2ccc(-c3ccsc3)cc21. The first kappa shape index (κ1) is 14.3. The maximum atomic E-state index is 12.4. The largest absolute Gasteiger partial charge is 0.465 e. The Morgan fingerprint density at radius 3 is 2.87 bits per heavy atom. The number of likely N-dealkylation sites (tertiary alicyclic amines) is 1. The molecule has 0 saturated carbocycles. The number of nitrogens with zero attached hydrogens (tertiary/aromatic N) is 1. The summed E-state index contributed by atoms with van der Waals surface area (Å²) in [5.41, 5.74) is 3.76. The second-order valence-electron chi connectivity index (χ2n) is 6.08. The molecular formula is C17H16N2O3S. The molecule has 1 saturated heterocycles. The first-order valence-corrected chi connectivity index (χ1v) is 8.50. The van der Waals surface area contributed by atoms with Crippen molar-refractivity contribution in [1.29, 1.82) is 0 Å². The Hall–Kier alpha value is -2.34. The predicted molar refractivity (Wildman–Crippen MR) is 87.9 cm³/mol. The minimum atomic E-state index is -0.888. The van der Waals surface area contributed by atoms with Crippen molar-refractivity contribution in [2.24, 2.45) is 5.92 Å². The maximum Gasteiger partial charge on any atom is 0.407 e. The molecule has 1 aromatic heterocycles. The molecule has 1 aromatic carbocycles. The number of rotatable bonds is 1. The molecule has 0 bridgehead atoms. The molecule has 0 radical (unpaired) electrons. The number of amides is 2. The van der Waals surface area contributed by atoms with Crippen LogP contribution in [0, 0.1) is 5.92 Å². The molecule has 5 nitrogen and oxygen atoms in total. The summed E-state index contributed by atoms with van der Waals surface area (Å²) in [6, 6.07) is 7.99. The van der Waals surface area contributed by atoms with Crippen LogP contribution in [0.5, 0.6) is 0 Å². The number of benzene rings is 1. The minimum absolute atomic E-state index is 0.0617. The lowest BCUT2D eigenvalue weighted by Crippen LogP contribution is -2.31. The topological polar surface area (TPSA) is 69.6 Å². The van der Waals surface area contributed by atoms with Crippen molar-refractivity contribution >= 4 is 23.3 Å². The smallest absolute Gasteiger partial charge is 0.407 e. The number of hydrogen-bond acceptors (Lipinski definition) is 3. The van der Waals surface area contributed by atoms with Crippen LogP contribution in [0.25, 0.3) is 11.1 Å². The molecule has 2 aromatic rings. The molecule has 2 N–H and O–H groups in total. The van der Waals surface area contributed by atoms with Crippen LogP contribution in [0.1, 0.15) is 21.8 Å². The number of nitrogens with one attached hydrogen (secondary N) is 1. The van der Waals surface area contributed by atoms with Gasteiger partial charge in [0.25, 0.3) is 5.91 Å². The number of hydrogen-bond donors (Lipinski definition) is 2. The van der Waals surface area contributed by atoms with E-state index in [-0.39, 0.29) is 17.7 Å². The molecule has 0 aliphatic carbocycles. The highest BCUT2D eigenvalue weighted by Gasteiger charge is 2.39. The highest BCUT2D eigenvalue weighted by molar-refractivity contribution is 7.08. The van der Waals surface area contributed by atoms with Gasteiger partial charge in [-0.1, -0.05) is 12.1 Å². The molecule has 118 valence electrons. The van der Waals surface area contributed by atoms with Crippen LogP contribution in [0.4, 0.5) is 4.79 Å². The van der Waals surface area contributed by atoms with Crippen molar-refractivity contribution in [2.45, 2.75) is 5.92 Å². The standard InChI is InChI=1S/C17H16N2O3S/c20-16-14-5-10(11-3-4-23-9-11)1-2-13(14)15-8-19(17(21)22)7-12(15)6-18-16/h1-5,9,12,15H,6-8H2,(H,18,20)(H,21,22). The van der Waals surface area contributed by atoms with Crippen molar-refractivity contribution < 1.29 is 14.7 Å². The van der Waals surface area contributed by atoms with Gasteiger partial charge in [0.05, 0.1) is 0 Å². The number of carbonyl (C=O) groups excluding carboxylic acids is 1. The lowest BCUT2D eigenvalue weighted by Gasteiger charge is -2.16. The first-order chi connectivity index (χ1) is 11.1. The third-order valence-corrected chi connectivity index (χ3v) is 5.47. The van der Waals surface area contributed by atoms with Crippen molar-refractivity contribution in [3.8, 4) is 11.1 Å². The molecule has 2 amide bonds. The van der Waals surface area contributed by atoms with Crippen LogP contribution in [0.15, 0.2) is 35.0 Å². The van der Waals surface area contributed by atoms with Crippen molar-refractivity contribution in [3.05, 3.63) is 46.2 Å². The average molecular weight is 328 g/mol. The van der Waals surface area contributed by atoms with Gasteiger partial charge in [-0.05, 0) is 39.6 Å². The summed E-state index contributed by atoms with van der Waals surface area (Å²) in [7, 11) is 0. The summed E-state index contributed by atoms with van der Waals surface area (Å²) in [6.07, 6.45) is -0.888. The Morgan fingerprint density at radius 1 is 1.26 bits per heavy atom. The minimum Gasteiger partial charge on any atom is -0.465 e. The normalized spacial score (nSPS) is 23.0. The third kappa shape index (κ3) is 2.39. The maximum absolute atomic E-state index is 12.4. The van der Waals surface area contributed by atoms with E-state index in [1.165, 1.54) is 4.90 Å². The Bertz CT molecular complexity index is 772. The lowest BCUT2D eigenvalue weighted by atomic mass is 9.86. The van der Waals surface area contributed by atoms with E-state index in [0.29, 0.717) is 25.2 Å². The number of carbonyl (C=O) groups is 2. The van der Waals surface area contributed by atoms with E-state index in [1.807, 2.05) is 29.6 Å². The summed E-state index contributed by atoms with van der Waals surface area (Å²) in [4.78, 5) is 25.1. The van der Waals surface area contributed by atoms with Crippen LogP contribution in [-0.2, 0) is 0 Å². The van der Waals surface area contributed by atoms with Crippen LogP contribution in [-0.4, -0.2) is 41.6 Å². The van der Waals surface area contributed by atoms with Gasteiger partial charge in [-0.15, -0.1) is 0 Å². The number of thiophene rings is 1. The monoisotopic (exact) mass is 328 g/mol. The van der Waals surface area contributed by atoms with E-state index in [2.05, 4.69) is 10.7 Å². The van der Waals surface area contributed by atoms with Crippen LogP contribution < -0.4 is 5.32 Å². The molecule has 2 unspecified atom stereocenters. The third-order valence-electron chi connectivity index (χ3n) is 4.79. The van der Waals surface area contributed by atoms with Crippen LogP contribution in [0.3, 0.4) is 0 Å². The van der Waals surface area contributed by atoms with Crippen molar-refractivity contribution in [1.82, 2.24) is 10.2 Å². The summed E-state index contributed by atoms with van der Waals surface area (Å²) in [5, 5.41) is 16.3. The van der Waals surface area contributed by atoms with Crippen LogP contribution in [0.2, 0.25) is 0 Å². The molecule has 3 heterocycles. The molecular weight excluding hydrogens is 312 g/mol. The fraction of sp³-hybridized carbons (Fsp3) is 0.294. The fourth-order valence-electron chi connectivity index (χ4n) is 3.59. The Morgan fingerprint density at radius 2 is 2.13 bits per heavy atom. The summed E-state index contributed by atoms with van der Waals surface area (Å²) >= 11 is 1.62. The zero-order valence-electron chi connectivity index (χ0n) is 12.4. The van der Waals surface area contributed by atoms with Gasteiger partial charge in [-0.25, -0.2) is 4.79 Å². The highest BCUT2D eigenvalue weighted by Crippen LogP contribution is 2.37. The van der Waals surface area contributed by atoms with Gasteiger partial charge < -0.3 is 15.3 Å². The predicted octanol–water partition coefficient (Wildman–Crippen LogP) is 2.85. The molecule has 4 rings (SSSR count). The molecule has 6 heteroatoms. The van der Waals surface area contributed by atoms with Gasteiger partial charge in [0.1, 0.15) is 0 Å². The summed E-state index contributed by atoms with van der Waals surface area (Å²) in [6.45, 7) is 1.46.